The minimum atomic E-state index is -4.45. The number of halogens is 3. The largest absolute Gasteiger partial charge is 0.416 e. The molecule has 1 aromatic carbocycles. The number of likely N-dealkylation sites (N-methyl/N-ethyl adjacent to an activating group) is 1. The zero-order valence-electron chi connectivity index (χ0n) is 13.7. The summed E-state index contributed by atoms with van der Waals surface area (Å²) < 4.78 is 44.9. The van der Waals surface area contributed by atoms with Gasteiger partial charge < -0.3 is 14.5 Å². The second-order valence-electron chi connectivity index (χ2n) is 5.89. The van der Waals surface area contributed by atoms with Crippen LogP contribution in [0.2, 0.25) is 0 Å². The van der Waals surface area contributed by atoms with E-state index in [2.05, 4.69) is 0 Å². The summed E-state index contributed by atoms with van der Waals surface area (Å²) in [7, 11) is 3.77. The van der Waals surface area contributed by atoms with Gasteiger partial charge in [-0.15, -0.1) is 0 Å². The highest BCUT2D eigenvalue weighted by molar-refractivity contribution is 5.87. The number of rotatable bonds is 4. The van der Waals surface area contributed by atoms with Gasteiger partial charge in [0.2, 0.25) is 5.91 Å². The first-order valence-corrected chi connectivity index (χ1v) is 7.67. The molecule has 1 saturated heterocycles. The van der Waals surface area contributed by atoms with E-state index in [1.54, 1.807) is 12.1 Å². The van der Waals surface area contributed by atoms with Crippen molar-refractivity contribution in [3.63, 3.8) is 0 Å². The summed E-state index contributed by atoms with van der Waals surface area (Å²) in [5.74, 6) is -0.213. The van der Waals surface area contributed by atoms with Gasteiger partial charge in [0, 0.05) is 19.2 Å². The number of hydrogen-bond acceptors (Lipinski definition) is 3. The Morgan fingerprint density at radius 3 is 2.75 bits per heavy atom. The topological polar surface area (TPSA) is 32.8 Å². The van der Waals surface area contributed by atoms with E-state index in [1.807, 2.05) is 19.0 Å². The molecule has 4 nitrogen and oxygen atoms in total. The highest BCUT2D eigenvalue weighted by atomic mass is 19.4. The Kier molecular flexibility index (Phi) is 6.01. The van der Waals surface area contributed by atoms with Crippen LogP contribution in [-0.2, 0) is 15.7 Å². The van der Waals surface area contributed by atoms with Crippen LogP contribution in [0.3, 0.4) is 0 Å². The van der Waals surface area contributed by atoms with E-state index in [0.717, 1.165) is 6.07 Å². The molecule has 1 aromatic rings. The Bertz CT molecular complexity index is 600. The third-order valence-electron chi connectivity index (χ3n) is 3.72. The lowest BCUT2D eigenvalue weighted by molar-refractivity contribution is -0.141. The summed E-state index contributed by atoms with van der Waals surface area (Å²) in [6.07, 6.45) is -2.03. The third-order valence-corrected chi connectivity index (χ3v) is 3.72. The van der Waals surface area contributed by atoms with Gasteiger partial charge in [0.1, 0.15) is 6.10 Å². The molecular formula is C17H21F3N2O2. The van der Waals surface area contributed by atoms with Gasteiger partial charge in [-0.1, -0.05) is 24.3 Å². The quantitative estimate of drug-likeness (QED) is 0.789. The third kappa shape index (κ3) is 4.82. The molecule has 1 fully saturated rings. The summed E-state index contributed by atoms with van der Waals surface area (Å²) in [4.78, 5) is 15.6. The molecular weight excluding hydrogens is 321 g/mol. The molecule has 0 aromatic heterocycles. The molecule has 2 rings (SSSR count). The molecule has 1 atom stereocenters. The van der Waals surface area contributed by atoms with Crippen LogP contribution in [0.15, 0.2) is 36.4 Å². The maximum absolute atomic E-state index is 13.1. The van der Waals surface area contributed by atoms with Crippen molar-refractivity contribution >= 4 is 5.91 Å². The number of carbonyl (C=O) groups is 1. The molecule has 1 amide bonds. The van der Waals surface area contributed by atoms with E-state index < -0.39 is 17.8 Å². The predicted molar refractivity (Wildman–Crippen MR) is 84.4 cm³/mol. The average Bonchev–Trinajstić information content (AvgIpc) is 2.54. The van der Waals surface area contributed by atoms with E-state index in [1.165, 1.54) is 23.1 Å². The summed E-state index contributed by atoms with van der Waals surface area (Å²) in [6, 6.07) is 5.34. The fourth-order valence-electron chi connectivity index (χ4n) is 2.54. The standard InChI is InChI=1S/C17H21F3N2O2/c1-21(2)9-5-8-16(23)22-10-11-24-15(12-22)13-6-3-4-7-14(13)17(18,19)20/h3-8,15H,9-12H2,1-2H3/b8-5+. The van der Waals surface area contributed by atoms with Gasteiger partial charge in [-0.3, -0.25) is 4.79 Å². The number of morpholine rings is 1. The first-order chi connectivity index (χ1) is 11.3. The first-order valence-electron chi connectivity index (χ1n) is 7.67. The molecule has 1 aliphatic rings. The SMILES string of the molecule is CN(C)C/C=C/C(=O)N1CCOC(c2ccccc2C(F)(F)F)C1. The van der Waals surface area contributed by atoms with Crippen molar-refractivity contribution in [1.82, 2.24) is 9.80 Å². The highest BCUT2D eigenvalue weighted by Crippen LogP contribution is 2.36. The van der Waals surface area contributed by atoms with Crippen molar-refractivity contribution in [2.75, 3.05) is 40.3 Å². The second-order valence-corrected chi connectivity index (χ2v) is 5.89. The van der Waals surface area contributed by atoms with Gasteiger partial charge in [-0.25, -0.2) is 0 Å². The van der Waals surface area contributed by atoms with Crippen LogP contribution in [0, 0.1) is 0 Å². The van der Waals surface area contributed by atoms with Crippen LogP contribution in [0.4, 0.5) is 13.2 Å². The Balaban J connectivity index is 2.12. The van der Waals surface area contributed by atoms with Crippen molar-refractivity contribution in [2.24, 2.45) is 0 Å². The molecule has 1 unspecified atom stereocenters. The van der Waals surface area contributed by atoms with Crippen molar-refractivity contribution < 1.29 is 22.7 Å². The van der Waals surface area contributed by atoms with Gasteiger partial charge in [0.15, 0.2) is 0 Å². The molecule has 1 heterocycles. The maximum Gasteiger partial charge on any atom is 0.416 e. The van der Waals surface area contributed by atoms with E-state index in [0.29, 0.717) is 13.1 Å². The van der Waals surface area contributed by atoms with Crippen LogP contribution in [-0.4, -0.2) is 56.0 Å². The molecule has 0 N–H and O–H groups in total. The lowest BCUT2D eigenvalue weighted by Gasteiger charge is -2.33. The zero-order valence-corrected chi connectivity index (χ0v) is 13.7. The Morgan fingerprint density at radius 1 is 1.38 bits per heavy atom. The minimum absolute atomic E-state index is 0.0692. The molecule has 7 heteroatoms. The van der Waals surface area contributed by atoms with Crippen LogP contribution in [0.1, 0.15) is 17.2 Å². The van der Waals surface area contributed by atoms with E-state index in [-0.39, 0.29) is 24.6 Å². The van der Waals surface area contributed by atoms with E-state index >= 15 is 0 Å². The highest BCUT2D eigenvalue weighted by Gasteiger charge is 2.36. The number of carbonyl (C=O) groups excluding carboxylic acids is 1. The van der Waals surface area contributed by atoms with Gasteiger partial charge in [0.25, 0.3) is 0 Å². The van der Waals surface area contributed by atoms with Crippen LogP contribution < -0.4 is 0 Å². The number of nitrogens with zero attached hydrogens (tertiary/aromatic N) is 2. The molecule has 0 radical (unpaired) electrons. The smallest absolute Gasteiger partial charge is 0.370 e. The molecule has 24 heavy (non-hydrogen) atoms. The van der Waals surface area contributed by atoms with Gasteiger partial charge in [0.05, 0.1) is 18.7 Å². The van der Waals surface area contributed by atoms with Crippen LogP contribution >= 0.6 is 0 Å². The molecule has 0 spiro atoms. The molecule has 0 bridgehead atoms. The molecule has 132 valence electrons. The lowest BCUT2D eigenvalue weighted by atomic mass is 10.0. The summed E-state index contributed by atoms with van der Waals surface area (Å²) in [6.45, 7) is 1.31. The summed E-state index contributed by atoms with van der Waals surface area (Å²) in [5.41, 5.74) is -0.646. The Morgan fingerprint density at radius 2 is 2.08 bits per heavy atom. The fraction of sp³-hybridized carbons (Fsp3) is 0.471. The maximum atomic E-state index is 13.1. The predicted octanol–water partition coefficient (Wildman–Crippen LogP) is 2.72. The van der Waals surface area contributed by atoms with Crippen molar-refractivity contribution in [3.05, 3.63) is 47.5 Å². The monoisotopic (exact) mass is 342 g/mol. The summed E-state index contributed by atoms with van der Waals surface area (Å²) >= 11 is 0. The first kappa shape index (κ1) is 18.5. The van der Waals surface area contributed by atoms with Crippen molar-refractivity contribution in [1.29, 1.82) is 0 Å². The number of alkyl halides is 3. The number of amides is 1. The molecule has 0 saturated carbocycles. The number of benzene rings is 1. The minimum Gasteiger partial charge on any atom is -0.370 e. The average molecular weight is 342 g/mol. The van der Waals surface area contributed by atoms with Crippen molar-refractivity contribution in [2.45, 2.75) is 12.3 Å². The van der Waals surface area contributed by atoms with Gasteiger partial charge in [-0.05, 0) is 25.7 Å². The summed E-state index contributed by atoms with van der Waals surface area (Å²) in [5, 5.41) is 0. The van der Waals surface area contributed by atoms with Gasteiger partial charge in [-0.2, -0.15) is 13.2 Å². The lowest BCUT2D eigenvalue weighted by Crippen LogP contribution is -2.42. The number of ether oxygens (including phenoxy) is 1. The van der Waals surface area contributed by atoms with E-state index in [9.17, 15) is 18.0 Å². The normalized spacial score (nSPS) is 19.2. The Labute approximate surface area is 139 Å². The fourth-order valence-corrected chi connectivity index (χ4v) is 2.54. The van der Waals surface area contributed by atoms with Crippen LogP contribution in [0.25, 0.3) is 0 Å². The zero-order chi connectivity index (χ0) is 17.7. The van der Waals surface area contributed by atoms with E-state index in [4.69, 9.17) is 4.74 Å². The van der Waals surface area contributed by atoms with Crippen molar-refractivity contribution in [3.8, 4) is 0 Å². The molecule has 0 aliphatic carbocycles. The number of hydrogen-bond donors (Lipinski definition) is 0. The second kappa shape index (κ2) is 7.81. The Hall–Kier alpha value is -1.86. The van der Waals surface area contributed by atoms with Gasteiger partial charge >= 0.3 is 6.18 Å². The van der Waals surface area contributed by atoms with Crippen LogP contribution in [0.5, 0.6) is 0 Å². The molecule has 1 aliphatic heterocycles.